The zero-order chi connectivity index (χ0) is 49.0. The summed E-state index contributed by atoms with van der Waals surface area (Å²) in [6.45, 7) is 11.5. The zero-order valence-corrected chi connectivity index (χ0v) is 40.9. The van der Waals surface area contributed by atoms with E-state index in [4.69, 9.17) is 16.3 Å². The summed E-state index contributed by atoms with van der Waals surface area (Å²) < 4.78 is 22.0. The lowest BCUT2D eigenvalue weighted by Crippen LogP contribution is -2.58. The number of anilines is 1. The number of halogens is 2. The molecule has 3 N–H and O–H groups in total. The molecule has 0 radical (unpaired) electrons. The molecule has 0 saturated carbocycles. The van der Waals surface area contributed by atoms with E-state index < -0.39 is 29.2 Å². The maximum Gasteiger partial charge on any atom is 0.246 e. The van der Waals surface area contributed by atoms with Crippen LogP contribution in [0, 0.1) is 18.2 Å². The molecule has 8 rings (SSSR count). The summed E-state index contributed by atoms with van der Waals surface area (Å²) >= 11 is 8.36. The Balaban J connectivity index is 0.793. The third-order valence-corrected chi connectivity index (χ3v) is 14.0. The molecule has 0 unspecified atom stereocenters. The number of ether oxygens (including phenoxy) is 1. The van der Waals surface area contributed by atoms with Gasteiger partial charge in [0.25, 0.3) is 0 Å². The first-order chi connectivity index (χ1) is 33.1. The van der Waals surface area contributed by atoms with E-state index >= 15 is 4.39 Å². The second kappa shape index (κ2) is 21.0. The van der Waals surface area contributed by atoms with E-state index in [-0.39, 0.29) is 58.8 Å². The molecule has 4 heterocycles. The average molecular weight is 976 g/mol. The smallest absolute Gasteiger partial charge is 0.246 e. The number of nitrogens with one attached hydrogen (secondary N) is 2. The standard InChI is InChI=1S/C52H56ClFN8O6S/c1-31(33-15-17-34(18-16-33)47-32(2)57-30-69-47)58-50(66)41-13-10-19-62(41)51(67)48(52(3,4)5)59-42(64)28-68-24-9-8-14-43(65)60-20-22-61(23-21-60)49-39-27-40(53)44(45(54)46(39)55-29-56-49)38-26-36(63)25-35-11-6-7-12-37(35)38/h6-8,11-12,14-18,25-27,29-31,41,48,63H,9-10,13,19-24,28H2,1-5H3,(H,58,66)(H,59,64)/b14-8+/t31-,41-,48+/m0/s1. The van der Waals surface area contributed by atoms with Gasteiger partial charge >= 0.3 is 0 Å². The minimum absolute atomic E-state index is 0.0112. The molecule has 0 aliphatic carbocycles. The Morgan fingerprint density at radius 1 is 0.971 bits per heavy atom. The van der Waals surface area contributed by atoms with Crippen LogP contribution < -0.4 is 15.5 Å². The van der Waals surface area contributed by atoms with Crippen LogP contribution in [-0.4, -0.2) is 112 Å². The molecule has 360 valence electrons. The number of rotatable bonds is 14. The summed E-state index contributed by atoms with van der Waals surface area (Å²) in [5.41, 5.74) is 4.85. The van der Waals surface area contributed by atoms with Crippen LogP contribution in [0.2, 0.25) is 5.02 Å². The van der Waals surface area contributed by atoms with Gasteiger partial charge in [0.2, 0.25) is 23.6 Å². The molecule has 6 aromatic rings. The van der Waals surface area contributed by atoms with Crippen molar-refractivity contribution in [1.82, 2.24) is 35.4 Å². The maximum atomic E-state index is 16.4. The third-order valence-electron chi connectivity index (χ3n) is 12.8. The maximum absolute atomic E-state index is 16.4. The van der Waals surface area contributed by atoms with Crippen LogP contribution in [0.1, 0.15) is 64.3 Å². The zero-order valence-electron chi connectivity index (χ0n) is 39.3. The quantitative estimate of drug-likeness (QED) is 0.0712. The fourth-order valence-corrected chi connectivity index (χ4v) is 10.2. The lowest BCUT2D eigenvalue weighted by atomic mass is 9.85. The van der Waals surface area contributed by atoms with E-state index in [1.807, 2.05) is 93.6 Å². The van der Waals surface area contributed by atoms with Crippen molar-refractivity contribution in [2.45, 2.75) is 72.0 Å². The SMILES string of the molecule is Cc1ncsc1-c1ccc([C@H](C)NC(=O)[C@@H]2CCCN2C(=O)[C@@H](NC(=O)COCC/C=C/C(=O)N2CCN(c3ncnc4c(F)c(-c5cc(O)cc6ccccc56)c(Cl)cc34)CC2)C(C)(C)C)cc1. The van der Waals surface area contributed by atoms with Crippen LogP contribution in [0.15, 0.2) is 90.7 Å². The molecule has 2 aliphatic rings. The number of carbonyl (C=O) groups is 4. The summed E-state index contributed by atoms with van der Waals surface area (Å²) in [5.74, 6) is -1.31. The summed E-state index contributed by atoms with van der Waals surface area (Å²) in [5, 5.41) is 18.5. The second-order valence-electron chi connectivity index (χ2n) is 18.6. The number of aromatic hydroxyl groups is 1. The van der Waals surface area contributed by atoms with Crippen molar-refractivity contribution in [3.8, 4) is 27.3 Å². The number of aromatic nitrogens is 3. The van der Waals surface area contributed by atoms with E-state index in [1.54, 1.807) is 39.3 Å². The molecule has 4 amide bonds. The Morgan fingerprint density at radius 2 is 1.72 bits per heavy atom. The normalized spacial score (nSPS) is 16.3. The summed E-state index contributed by atoms with van der Waals surface area (Å²) in [7, 11) is 0. The highest BCUT2D eigenvalue weighted by molar-refractivity contribution is 7.13. The van der Waals surface area contributed by atoms with Crippen LogP contribution in [0.5, 0.6) is 5.75 Å². The van der Waals surface area contributed by atoms with Gasteiger partial charge in [0.05, 0.1) is 33.8 Å². The molecule has 2 fully saturated rings. The van der Waals surface area contributed by atoms with Crippen molar-refractivity contribution < 1.29 is 33.4 Å². The van der Waals surface area contributed by atoms with Gasteiger partial charge in [-0.25, -0.2) is 19.3 Å². The Bertz CT molecular complexity index is 2920. The van der Waals surface area contributed by atoms with Crippen molar-refractivity contribution in [3.05, 3.63) is 113 Å². The molecule has 0 spiro atoms. The lowest BCUT2D eigenvalue weighted by Gasteiger charge is -2.35. The van der Waals surface area contributed by atoms with Crippen LogP contribution in [0.3, 0.4) is 0 Å². The van der Waals surface area contributed by atoms with Gasteiger partial charge in [0.15, 0.2) is 5.82 Å². The predicted octanol–water partition coefficient (Wildman–Crippen LogP) is 8.39. The Morgan fingerprint density at radius 3 is 2.45 bits per heavy atom. The molecule has 2 aromatic heterocycles. The van der Waals surface area contributed by atoms with Gasteiger partial charge in [0, 0.05) is 43.7 Å². The number of hydrogen-bond acceptors (Lipinski definition) is 11. The van der Waals surface area contributed by atoms with Crippen molar-refractivity contribution in [2.24, 2.45) is 5.41 Å². The number of likely N-dealkylation sites (tertiary alicyclic amines) is 1. The molecule has 69 heavy (non-hydrogen) atoms. The Hall–Kier alpha value is -6.49. The van der Waals surface area contributed by atoms with E-state index in [9.17, 15) is 24.3 Å². The highest BCUT2D eigenvalue weighted by Gasteiger charge is 2.42. The van der Waals surface area contributed by atoms with Gasteiger partial charge in [-0.3, -0.25) is 19.2 Å². The number of fused-ring (bicyclic) bond motifs is 2. The number of nitrogens with zero attached hydrogens (tertiary/aromatic N) is 6. The summed E-state index contributed by atoms with van der Waals surface area (Å²) in [6.07, 6.45) is 6.06. The monoisotopic (exact) mass is 974 g/mol. The topological polar surface area (TPSA) is 170 Å². The fourth-order valence-electron chi connectivity index (χ4n) is 9.08. The van der Waals surface area contributed by atoms with Crippen LogP contribution >= 0.6 is 22.9 Å². The van der Waals surface area contributed by atoms with Crippen LogP contribution in [0.4, 0.5) is 10.2 Å². The number of phenolic OH excluding ortho intramolecular Hbond substituents is 1. The number of amides is 4. The summed E-state index contributed by atoms with van der Waals surface area (Å²) in [4.78, 5) is 73.5. The fraction of sp³-hybridized carbons (Fsp3) is 0.365. The van der Waals surface area contributed by atoms with Gasteiger partial charge in [0.1, 0.15) is 42.1 Å². The Kier molecular flexibility index (Phi) is 14.9. The summed E-state index contributed by atoms with van der Waals surface area (Å²) in [6, 6.07) is 18.3. The number of hydrogen-bond donors (Lipinski definition) is 3. The number of piperazine rings is 1. The van der Waals surface area contributed by atoms with Crippen LogP contribution in [0.25, 0.3) is 43.2 Å². The first-order valence-corrected chi connectivity index (χ1v) is 24.4. The van der Waals surface area contributed by atoms with E-state index in [0.29, 0.717) is 68.8 Å². The third kappa shape index (κ3) is 10.9. The van der Waals surface area contributed by atoms with E-state index in [1.165, 1.54) is 18.5 Å². The molecule has 3 atom stereocenters. The Labute approximate surface area is 409 Å². The molecule has 2 saturated heterocycles. The number of thiazole rings is 1. The molecule has 0 bridgehead atoms. The minimum atomic E-state index is -0.892. The molecule has 17 heteroatoms. The highest BCUT2D eigenvalue weighted by atomic mass is 35.5. The second-order valence-corrected chi connectivity index (χ2v) is 19.8. The minimum Gasteiger partial charge on any atom is -0.508 e. The van der Waals surface area contributed by atoms with E-state index in [2.05, 4.69) is 25.6 Å². The van der Waals surface area contributed by atoms with Gasteiger partial charge < -0.3 is 35.2 Å². The number of carbonyl (C=O) groups excluding carboxylic acids is 4. The largest absolute Gasteiger partial charge is 0.508 e. The van der Waals surface area contributed by atoms with Crippen molar-refractivity contribution in [1.29, 1.82) is 0 Å². The average Bonchev–Trinajstić information content (AvgIpc) is 4.01. The van der Waals surface area contributed by atoms with Gasteiger partial charge in [-0.05, 0) is 90.3 Å². The van der Waals surface area contributed by atoms with Crippen molar-refractivity contribution in [3.63, 3.8) is 0 Å². The first kappa shape index (κ1) is 48.9. The lowest BCUT2D eigenvalue weighted by molar-refractivity contribution is -0.144. The molecule has 2 aliphatic heterocycles. The highest BCUT2D eigenvalue weighted by Crippen LogP contribution is 2.42. The molecular formula is C52H56ClFN8O6S. The van der Waals surface area contributed by atoms with E-state index in [0.717, 1.165) is 32.5 Å². The molecule has 14 nitrogen and oxygen atoms in total. The first-order valence-electron chi connectivity index (χ1n) is 23.1. The molecule has 4 aromatic carbocycles. The van der Waals surface area contributed by atoms with Gasteiger partial charge in [-0.1, -0.05) is 87.0 Å². The van der Waals surface area contributed by atoms with Gasteiger partial charge in [-0.15, -0.1) is 11.3 Å². The van der Waals surface area contributed by atoms with Crippen molar-refractivity contribution >= 4 is 74.1 Å². The number of phenols is 1. The number of benzene rings is 4. The number of aryl methyl sites for hydroxylation is 1. The molecular weight excluding hydrogens is 919 g/mol. The van der Waals surface area contributed by atoms with Gasteiger partial charge in [-0.2, -0.15) is 0 Å². The van der Waals surface area contributed by atoms with Crippen LogP contribution in [-0.2, 0) is 23.9 Å². The predicted molar refractivity (Wildman–Crippen MR) is 267 cm³/mol. The van der Waals surface area contributed by atoms with Crippen molar-refractivity contribution in [2.75, 3.05) is 50.8 Å².